The lowest BCUT2D eigenvalue weighted by Gasteiger charge is -2.09. The lowest BCUT2D eigenvalue weighted by Crippen LogP contribution is -2.04. The van der Waals surface area contributed by atoms with Crippen molar-refractivity contribution in [3.05, 3.63) is 22.9 Å². The molecule has 0 aromatic rings. The molecule has 9 heavy (non-hydrogen) atoms. The van der Waals surface area contributed by atoms with Gasteiger partial charge in [-0.15, -0.1) is 0 Å². The van der Waals surface area contributed by atoms with E-state index in [2.05, 4.69) is 22.5 Å². The van der Waals surface area contributed by atoms with Gasteiger partial charge in [-0.05, 0) is 34.5 Å². The van der Waals surface area contributed by atoms with Gasteiger partial charge in [-0.3, -0.25) is 0 Å². The summed E-state index contributed by atoms with van der Waals surface area (Å²) in [5.74, 6) is 0. The van der Waals surface area contributed by atoms with E-state index >= 15 is 0 Å². The van der Waals surface area contributed by atoms with Gasteiger partial charge in [0, 0.05) is 6.42 Å². The zero-order chi connectivity index (χ0) is 6.85. The molecule has 1 unspecified atom stereocenters. The van der Waals surface area contributed by atoms with Crippen molar-refractivity contribution in [1.29, 1.82) is 0 Å². The van der Waals surface area contributed by atoms with Crippen LogP contribution in [-0.4, -0.2) is 6.10 Å². The maximum absolute atomic E-state index is 5.30. The van der Waals surface area contributed by atoms with Crippen LogP contribution in [0.15, 0.2) is 22.9 Å². The van der Waals surface area contributed by atoms with Crippen molar-refractivity contribution in [2.75, 3.05) is 0 Å². The van der Waals surface area contributed by atoms with E-state index in [9.17, 15) is 0 Å². The molecule has 0 radical (unpaired) electrons. The van der Waals surface area contributed by atoms with E-state index < -0.39 is 0 Å². The first-order chi connectivity index (χ1) is 4.20. The molecule has 1 aliphatic heterocycles. The van der Waals surface area contributed by atoms with Crippen LogP contribution in [0.25, 0.3) is 0 Å². The molecule has 0 fully saturated rings. The van der Waals surface area contributed by atoms with Crippen molar-refractivity contribution in [1.82, 2.24) is 0 Å². The summed E-state index contributed by atoms with van der Waals surface area (Å²) < 4.78 is 6.14. The van der Waals surface area contributed by atoms with Gasteiger partial charge >= 0.3 is 0 Å². The molecule has 0 N–H and O–H groups in total. The molecule has 1 heterocycles. The van der Waals surface area contributed by atoms with Gasteiger partial charge in [0.15, 0.2) is 4.67 Å². The van der Waals surface area contributed by atoms with Crippen LogP contribution in [0.2, 0.25) is 0 Å². The van der Waals surface area contributed by atoms with E-state index in [4.69, 9.17) is 4.74 Å². The highest BCUT2D eigenvalue weighted by Gasteiger charge is 2.15. The zero-order valence-electron chi connectivity index (χ0n) is 5.36. The molecule has 1 aliphatic rings. The molecule has 1 rings (SSSR count). The van der Waals surface area contributed by atoms with Crippen LogP contribution in [0.4, 0.5) is 0 Å². The van der Waals surface area contributed by atoms with Gasteiger partial charge in [0.25, 0.3) is 0 Å². The van der Waals surface area contributed by atoms with E-state index in [-0.39, 0.29) is 6.10 Å². The SMILES string of the molecule is C=C(C)C1CC=C(Br)O1. The van der Waals surface area contributed by atoms with E-state index in [1.54, 1.807) is 0 Å². The number of rotatable bonds is 1. The smallest absolute Gasteiger partial charge is 0.159 e. The Labute approximate surface area is 63.5 Å². The molecule has 0 spiro atoms. The van der Waals surface area contributed by atoms with Crippen LogP contribution >= 0.6 is 15.9 Å². The number of hydrogen-bond donors (Lipinski definition) is 0. The summed E-state index contributed by atoms with van der Waals surface area (Å²) >= 11 is 3.24. The third-order valence-corrected chi connectivity index (χ3v) is 1.81. The van der Waals surface area contributed by atoms with Gasteiger partial charge in [-0.1, -0.05) is 6.58 Å². The summed E-state index contributed by atoms with van der Waals surface area (Å²) in [6.45, 7) is 5.77. The largest absolute Gasteiger partial charge is 0.479 e. The van der Waals surface area contributed by atoms with Gasteiger partial charge in [-0.25, -0.2) is 0 Å². The molecular weight excluding hydrogens is 180 g/mol. The average Bonchev–Trinajstić information content (AvgIpc) is 2.14. The summed E-state index contributed by atoms with van der Waals surface area (Å²) in [5.41, 5.74) is 1.08. The van der Waals surface area contributed by atoms with Gasteiger partial charge < -0.3 is 4.74 Å². The monoisotopic (exact) mass is 188 g/mol. The molecule has 0 saturated heterocycles. The fraction of sp³-hybridized carbons (Fsp3) is 0.429. The van der Waals surface area contributed by atoms with Crippen molar-refractivity contribution in [2.24, 2.45) is 0 Å². The van der Waals surface area contributed by atoms with Crippen molar-refractivity contribution >= 4 is 15.9 Å². The molecule has 0 aromatic carbocycles. The molecule has 1 nitrogen and oxygen atoms in total. The molecule has 2 heteroatoms. The molecular formula is C7H9BrO. The molecule has 1 atom stereocenters. The summed E-state index contributed by atoms with van der Waals surface area (Å²) in [6, 6.07) is 0. The predicted molar refractivity (Wildman–Crippen MR) is 41.3 cm³/mol. The Bertz CT molecular complexity index is 160. The van der Waals surface area contributed by atoms with Crippen molar-refractivity contribution in [2.45, 2.75) is 19.4 Å². The van der Waals surface area contributed by atoms with Crippen LogP contribution < -0.4 is 0 Å². The Morgan fingerprint density at radius 2 is 2.67 bits per heavy atom. The van der Waals surface area contributed by atoms with Crippen LogP contribution in [0.1, 0.15) is 13.3 Å². The third-order valence-electron chi connectivity index (χ3n) is 1.30. The van der Waals surface area contributed by atoms with Gasteiger partial charge in [0.1, 0.15) is 6.10 Å². The Morgan fingerprint density at radius 1 is 2.00 bits per heavy atom. The first-order valence-corrected chi connectivity index (χ1v) is 3.67. The second-order valence-corrected chi connectivity index (χ2v) is 2.98. The normalized spacial score (nSPS) is 25.1. The third kappa shape index (κ3) is 1.58. The van der Waals surface area contributed by atoms with Gasteiger partial charge in [0.05, 0.1) is 0 Å². The number of hydrogen-bond acceptors (Lipinski definition) is 1. The summed E-state index contributed by atoms with van der Waals surface area (Å²) in [4.78, 5) is 0. The summed E-state index contributed by atoms with van der Waals surface area (Å²) in [7, 11) is 0. The first kappa shape index (κ1) is 6.87. The minimum atomic E-state index is 0.208. The van der Waals surface area contributed by atoms with Crippen LogP contribution in [0.3, 0.4) is 0 Å². The van der Waals surface area contributed by atoms with Crippen LogP contribution in [0, 0.1) is 0 Å². The second kappa shape index (κ2) is 2.56. The molecule has 0 bridgehead atoms. The van der Waals surface area contributed by atoms with Gasteiger partial charge in [0.2, 0.25) is 0 Å². The molecule has 0 saturated carbocycles. The maximum Gasteiger partial charge on any atom is 0.159 e. The molecule has 50 valence electrons. The standard InChI is InChI=1S/C7H9BrO/c1-5(2)6-3-4-7(8)9-6/h4,6H,1,3H2,2H3. The first-order valence-electron chi connectivity index (χ1n) is 2.88. The van der Waals surface area contributed by atoms with E-state index in [0.717, 1.165) is 16.7 Å². The highest BCUT2D eigenvalue weighted by atomic mass is 79.9. The van der Waals surface area contributed by atoms with Crippen molar-refractivity contribution in [3.8, 4) is 0 Å². The fourth-order valence-corrected chi connectivity index (χ4v) is 1.15. The van der Waals surface area contributed by atoms with E-state index in [0.29, 0.717) is 0 Å². The van der Waals surface area contributed by atoms with Crippen molar-refractivity contribution < 1.29 is 4.74 Å². The van der Waals surface area contributed by atoms with E-state index in [1.807, 2.05) is 13.0 Å². The average molecular weight is 189 g/mol. The Balaban J connectivity index is 2.47. The zero-order valence-corrected chi connectivity index (χ0v) is 6.94. The Hall–Kier alpha value is -0.240. The molecule has 0 aromatic heterocycles. The lowest BCUT2D eigenvalue weighted by atomic mass is 10.1. The fourth-order valence-electron chi connectivity index (χ4n) is 0.734. The van der Waals surface area contributed by atoms with Crippen LogP contribution in [0.5, 0.6) is 0 Å². The molecule has 0 aliphatic carbocycles. The van der Waals surface area contributed by atoms with Gasteiger partial charge in [-0.2, -0.15) is 0 Å². The summed E-state index contributed by atoms with van der Waals surface area (Å²) in [6.07, 6.45) is 3.18. The second-order valence-electron chi connectivity index (χ2n) is 2.20. The number of ether oxygens (including phenoxy) is 1. The van der Waals surface area contributed by atoms with Crippen LogP contribution in [-0.2, 0) is 4.74 Å². The highest BCUT2D eigenvalue weighted by molar-refractivity contribution is 9.11. The number of halogens is 1. The molecule has 0 amide bonds. The van der Waals surface area contributed by atoms with E-state index in [1.165, 1.54) is 0 Å². The van der Waals surface area contributed by atoms with Crippen molar-refractivity contribution in [3.63, 3.8) is 0 Å². The lowest BCUT2D eigenvalue weighted by molar-refractivity contribution is 0.197. The summed E-state index contributed by atoms with van der Waals surface area (Å²) in [5, 5.41) is 0. The highest BCUT2D eigenvalue weighted by Crippen LogP contribution is 2.24. The minimum absolute atomic E-state index is 0.208. The maximum atomic E-state index is 5.30. The quantitative estimate of drug-likeness (QED) is 0.576. The topological polar surface area (TPSA) is 9.23 Å². The predicted octanol–water partition coefficient (Wildman–Crippen LogP) is 2.59. The minimum Gasteiger partial charge on any atom is -0.479 e. The Kier molecular flexibility index (Phi) is 1.96. The Morgan fingerprint density at radius 3 is 2.89 bits per heavy atom.